The Kier molecular flexibility index (Phi) is 2.82. The van der Waals surface area contributed by atoms with Crippen LogP contribution in [0.4, 0.5) is 8.78 Å². The zero-order valence-corrected chi connectivity index (χ0v) is 11.5. The summed E-state index contributed by atoms with van der Waals surface area (Å²) >= 11 is 0. The molecule has 4 heteroatoms. The molecule has 2 nitrogen and oxygen atoms in total. The first-order valence-electron chi connectivity index (χ1n) is 6.38. The Balaban J connectivity index is 2.25. The van der Waals surface area contributed by atoms with Crippen molar-refractivity contribution in [3.63, 3.8) is 0 Å². The van der Waals surface area contributed by atoms with Crippen LogP contribution in [0.3, 0.4) is 0 Å². The molecule has 0 aliphatic heterocycles. The van der Waals surface area contributed by atoms with Gasteiger partial charge in [0.25, 0.3) is 0 Å². The van der Waals surface area contributed by atoms with Crippen molar-refractivity contribution in [1.29, 1.82) is 0 Å². The second-order valence-electron chi connectivity index (χ2n) is 5.14. The lowest BCUT2D eigenvalue weighted by Gasteiger charge is -2.08. The Hall–Kier alpha value is -2.23. The predicted molar refractivity (Wildman–Crippen MR) is 75.7 cm³/mol. The first kappa shape index (κ1) is 12.8. The monoisotopic (exact) mass is 272 g/mol. The summed E-state index contributed by atoms with van der Waals surface area (Å²) in [5.41, 5.74) is 5.26. The lowest BCUT2D eigenvalue weighted by molar-refractivity contribution is 0.510. The van der Waals surface area contributed by atoms with Crippen LogP contribution < -0.4 is 0 Å². The molecule has 1 heterocycles. The van der Waals surface area contributed by atoms with Crippen LogP contribution in [-0.4, -0.2) is 9.97 Å². The second-order valence-corrected chi connectivity index (χ2v) is 5.14. The maximum atomic E-state index is 13.2. The van der Waals surface area contributed by atoms with E-state index in [1.807, 2.05) is 20.8 Å². The van der Waals surface area contributed by atoms with Crippen LogP contribution in [0.1, 0.15) is 16.7 Å². The third kappa shape index (κ3) is 1.97. The van der Waals surface area contributed by atoms with E-state index in [0.717, 1.165) is 28.8 Å². The van der Waals surface area contributed by atoms with Crippen LogP contribution in [-0.2, 0) is 0 Å². The molecule has 1 N–H and O–H groups in total. The summed E-state index contributed by atoms with van der Waals surface area (Å²) in [5, 5.41) is 0. The number of hydrogen-bond acceptors (Lipinski definition) is 1. The molecule has 0 saturated heterocycles. The highest BCUT2D eigenvalue weighted by molar-refractivity contribution is 5.81. The molecule has 0 unspecified atom stereocenters. The first-order valence-corrected chi connectivity index (χ1v) is 6.38. The number of halogens is 2. The molecule has 0 saturated carbocycles. The van der Waals surface area contributed by atoms with Crippen molar-refractivity contribution in [2.24, 2.45) is 0 Å². The van der Waals surface area contributed by atoms with Gasteiger partial charge in [-0.3, -0.25) is 0 Å². The Bertz CT molecular complexity index is 757. The van der Waals surface area contributed by atoms with Gasteiger partial charge in [0, 0.05) is 17.7 Å². The van der Waals surface area contributed by atoms with Crippen LogP contribution in [0.15, 0.2) is 24.3 Å². The minimum Gasteiger partial charge on any atom is -0.338 e. The van der Waals surface area contributed by atoms with Crippen LogP contribution in [0.2, 0.25) is 0 Å². The minimum atomic E-state index is -0.882. The van der Waals surface area contributed by atoms with E-state index in [-0.39, 0.29) is 0 Å². The number of imidazole rings is 1. The molecule has 2 aromatic carbocycles. The van der Waals surface area contributed by atoms with Gasteiger partial charge in [-0.25, -0.2) is 13.8 Å². The van der Waals surface area contributed by atoms with E-state index in [2.05, 4.69) is 22.1 Å². The molecule has 0 aliphatic rings. The average Bonchev–Trinajstić information content (AvgIpc) is 2.70. The first-order chi connectivity index (χ1) is 9.45. The Morgan fingerprint density at radius 3 is 2.15 bits per heavy atom. The van der Waals surface area contributed by atoms with Crippen LogP contribution in [0.5, 0.6) is 0 Å². The minimum absolute atomic E-state index is 0.429. The summed E-state index contributed by atoms with van der Waals surface area (Å²) in [5.74, 6) is -1.11. The molecule has 1 aromatic heterocycles. The van der Waals surface area contributed by atoms with Crippen LogP contribution >= 0.6 is 0 Å². The van der Waals surface area contributed by atoms with Crippen molar-refractivity contribution in [1.82, 2.24) is 9.97 Å². The van der Waals surface area contributed by atoms with Gasteiger partial charge >= 0.3 is 0 Å². The summed E-state index contributed by atoms with van der Waals surface area (Å²) in [7, 11) is 0. The fraction of sp³-hybridized carbons (Fsp3) is 0.188. The summed E-state index contributed by atoms with van der Waals surface area (Å²) in [6.45, 7) is 6.04. The van der Waals surface area contributed by atoms with E-state index in [1.54, 1.807) is 0 Å². The van der Waals surface area contributed by atoms with Crippen molar-refractivity contribution in [3.05, 3.63) is 52.6 Å². The van der Waals surface area contributed by atoms with Gasteiger partial charge in [-0.1, -0.05) is 17.7 Å². The van der Waals surface area contributed by atoms with Gasteiger partial charge in [-0.2, -0.15) is 0 Å². The lowest BCUT2D eigenvalue weighted by atomic mass is 9.99. The zero-order valence-electron chi connectivity index (χ0n) is 11.5. The number of aromatic nitrogens is 2. The molecule has 3 rings (SSSR count). The molecule has 3 aromatic rings. The highest BCUT2D eigenvalue weighted by Crippen LogP contribution is 2.28. The number of aryl methyl sites for hydroxylation is 3. The van der Waals surface area contributed by atoms with Crippen molar-refractivity contribution < 1.29 is 8.78 Å². The highest BCUT2D eigenvalue weighted by Gasteiger charge is 2.13. The number of hydrogen-bond donors (Lipinski definition) is 1. The van der Waals surface area contributed by atoms with E-state index in [0.29, 0.717) is 16.9 Å². The van der Waals surface area contributed by atoms with Gasteiger partial charge in [0.15, 0.2) is 11.6 Å². The quantitative estimate of drug-likeness (QED) is 0.697. The number of rotatable bonds is 1. The number of H-pyrrole nitrogens is 1. The lowest BCUT2D eigenvalue weighted by Crippen LogP contribution is -1.91. The maximum Gasteiger partial charge on any atom is 0.161 e. The van der Waals surface area contributed by atoms with E-state index in [9.17, 15) is 8.78 Å². The van der Waals surface area contributed by atoms with E-state index in [1.165, 1.54) is 5.56 Å². The predicted octanol–water partition coefficient (Wildman–Crippen LogP) is 4.43. The smallest absolute Gasteiger partial charge is 0.161 e. The second kappa shape index (κ2) is 4.40. The van der Waals surface area contributed by atoms with Gasteiger partial charge in [0.2, 0.25) is 0 Å². The van der Waals surface area contributed by atoms with E-state index in [4.69, 9.17) is 0 Å². The van der Waals surface area contributed by atoms with E-state index >= 15 is 0 Å². The van der Waals surface area contributed by atoms with Gasteiger partial charge in [-0.05, 0) is 31.9 Å². The number of aromatic amines is 1. The third-order valence-electron chi connectivity index (χ3n) is 3.44. The molecule has 0 radical (unpaired) electrons. The van der Waals surface area contributed by atoms with Crippen molar-refractivity contribution in [2.45, 2.75) is 20.8 Å². The standard InChI is InChI=1S/C16H14F2N2/c1-8-4-9(2)15(10(3)5-8)16-19-13-6-11(17)12(18)7-14(13)20-16/h4-7H,1-3H3,(H,19,20). The van der Waals surface area contributed by atoms with Crippen molar-refractivity contribution in [2.75, 3.05) is 0 Å². The number of nitrogens with one attached hydrogen (secondary N) is 1. The molecule has 0 fully saturated rings. The fourth-order valence-corrected chi connectivity index (χ4v) is 2.68. The summed E-state index contributed by atoms with van der Waals surface area (Å²) in [6, 6.07) is 6.39. The average molecular weight is 272 g/mol. The van der Waals surface area contributed by atoms with Gasteiger partial charge in [0.05, 0.1) is 11.0 Å². The molecular formula is C16H14F2N2. The fourth-order valence-electron chi connectivity index (χ4n) is 2.68. The molecule has 20 heavy (non-hydrogen) atoms. The van der Waals surface area contributed by atoms with Crippen LogP contribution in [0, 0.1) is 32.4 Å². The molecular weight excluding hydrogens is 258 g/mol. The van der Waals surface area contributed by atoms with Crippen molar-refractivity contribution in [3.8, 4) is 11.4 Å². The normalized spacial score (nSPS) is 11.2. The van der Waals surface area contributed by atoms with Gasteiger partial charge in [0.1, 0.15) is 5.82 Å². The van der Waals surface area contributed by atoms with Crippen molar-refractivity contribution >= 4 is 11.0 Å². The molecule has 0 spiro atoms. The van der Waals surface area contributed by atoms with Gasteiger partial charge in [-0.15, -0.1) is 0 Å². The Morgan fingerprint density at radius 2 is 1.50 bits per heavy atom. The molecule has 102 valence electrons. The topological polar surface area (TPSA) is 28.7 Å². The summed E-state index contributed by atoms with van der Waals surface area (Å²) in [4.78, 5) is 7.44. The number of benzene rings is 2. The molecule has 0 atom stereocenters. The SMILES string of the molecule is Cc1cc(C)c(-c2nc3cc(F)c(F)cc3[nH]2)c(C)c1. The molecule has 0 amide bonds. The highest BCUT2D eigenvalue weighted by atomic mass is 19.2. The zero-order chi connectivity index (χ0) is 14.4. The summed E-state index contributed by atoms with van der Waals surface area (Å²) < 4.78 is 26.5. The van der Waals surface area contributed by atoms with Crippen LogP contribution in [0.25, 0.3) is 22.4 Å². The van der Waals surface area contributed by atoms with E-state index < -0.39 is 11.6 Å². The molecule has 0 aliphatic carbocycles. The maximum absolute atomic E-state index is 13.2. The molecule has 0 bridgehead atoms. The Labute approximate surface area is 115 Å². The Morgan fingerprint density at radius 1 is 0.900 bits per heavy atom. The third-order valence-corrected chi connectivity index (χ3v) is 3.44. The largest absolute Gasteiger partial charge is 0.338 e. The van der Waals surface area contributed by atoms with Gasteiger partial charge < -0.3 is 4.98 Å². The number of nitrogens with zero attached hydrogens (tertiary/aromatic N) is 1. The number of fused-ring (bicyclic) bond motifs is 1. The summed E-state index contributed by atoms with van der Waals surface area (Å²) in [6.07, 6.45) is 0.